The molecule has 3 rings (SSSR count). The number of rotatable bonds is 3. The number of carbonyl (C=O) groups is 2. The van der Waals surface area contributed by atoms with Gasteiger partial charge in [0.05, 0.1) is 5.56 Å². The molecule has 0 spiro atoms. The minimum Gasteiger partial charge on any atom is -0.381 e. The molecule has 122 valence electrons. The Morgan fingerprint density at radius 2 is 2.08 bits per heavy atom. The molecule has 2 heterocycles. The normalized spacial score (nSPS) is 15.8. The number of aromatic nitrogens is 2. The second kappa shape index (κ2) is 5.52. The van der Waals surface area contributed by atoms with E-state index >= 15 is 0 Å². The molecule has 0 amide bonds. The monoisotopic (exact) mass is 325 g/mol. The summed E-state index contributed by atoms with van der Waals surface area (Å²) >= 11 is 0. The van der Waals surface area contributed by atoms with Gasteiger partial charge in [0, 0.05) is 11.1 Å². The Labute approximate surface area is 138 Å². The Morgan fingerprint density at radius 3 is 2.67 bits per heavy atom. The number of aldehydes is 1. The van der Waals surface area contributed by atoms with Gasteiger partial charge in [-0.1, -0.05) is 17.3 Å². The number of ketones is 1. The van der Waals surface area contributed by atoms with Gasteiger partial charge in [0.25, 0.3) is 0 Å². The first-order chi connectivity index (χ1) is 11.3. The number of nitrogens with zero attached hydrogens (tertiary/aromatic N) is 3. The van der Waals surface area contributed by atoms with Gasteiger partial charge < -0.3 is 10.6 Å². The van der Waals surface area contributed by atoms with Crippen LogP contribution in [0.25, 0.3) is 11.3 Å². The van der Waals surface area contributed by atoms with Crippen molar-refractivity contribution < 1.29 is 19.0 Å². The average molecular weight is 325 g/mol. The van der Waals surface area contributed by atoms with Crippen LogP contribution in [0, 0.1) is 0 Å². The predicted molar refractivity (Wildman–Crippen MR) is 87.4 cm³/mol. The molecule has 0 aliphatic carbocycles. The van der Waals surface area contributed by atoms with Crippen LogP contribution in [0.4, 0.5) is 5.82 Å². The van der Waals surface area contributed by atoms with Crippen LogP contribution in [0.5, 0.6) is 0 Å². The number of oxime groups is 1. The van der Waals surface area contributed by atoms with E-state index in [-0.39, 0.29) is 11.5 Å². The summed E-state index contributed by atoms with van der Waals surface area (Å²) in [5.41, 5.74) is 7.33. The van der Waals surface area contributed by atoms with Gasteiger partial charge in [-0.05, 0) is 19.9 Å². The van der Waals surface area contributed by atoms with Crippen LogP contribution < -0.4 is 10.3 Å². The molecule has 1 aliphatic rings. The predicted octanol–water partition coefficient (Wildman–Crippen LogP) is 1.05. The van der Waals surface area contributed by atoms with Crippen LogP contribution in [0.15, 0.2) is 35.7 Å². The second-order valence-electron chi connectivity index (χ2n) is 6.10. The Kier molecular flexibility index (Phi) is 3.63. The maximum Gasteiger partial charge on any atom is 0.231 e. The lowest BCUT2D eigenvalue weighted by Crippen LogP contribution is -2.33. The molecule has 0 bridgehead atoms. The van der Waals surface area contributed by atoms with Gasteiger partial charge in [-0.15, -0.1) is 0 Å². The van der Waals surface area contributed by atoms with Gasteiger partial charge in [0.2, 0.25) is 17.7 Å². The molecular formula is C17H17N4O3+. The summed E-state index contributed by atoms with van der Waals surface area (Å²) in [7, 11) is 1.80. The Hall–Kier alpha value is -3.09. The van der Waals surface area contributed by atoms with Crippen molar-refractivity contribution >= 4 is 23.6 Å². The largest absolute Gasteiger partial charge is 0.381 e. The van der Waals surface area contributed by atoms with Crippen molar-refractivity contribution in [2.75, 3.05) is 5.73 Å². The van der Waals surface area contributed by atoms with E-state index in [9.17, 15) is 9.59 Å². The molecule has 1 aromatic carbocycles. The number of aryl methyl sites for hydroxylation is 1. The third-order valence-electron chi connectivity index (χ3n) is 3.90. The summed E-state index contributed by atoms with van der Waals surface area (Å²) in [5.74, 6) is 0.169. The van der Waals surface area contributed by atoms with E-state index in [4.69, 9.17) is 10.6 Å². The van der Waals surface area contributed by atoms with Crippen molar-refractivity contribution in [3.63, 3.8) is 0 Å². The van der Waals surface area contributed by atoms with Crippen molar-refractivity contribution in [2.24, 2.45) is 12.2 Å². The first-order valence-corrected chi connectivity index (χ1v) is 7.35. The van der Waals surface area contributed by atoms with Gasteiger partial charge >= 0.3 is 0 Å². The number of hydrogen-bond acceptors (Lipinski definition) is 6. The standard InChI is InChI=1S/C17H16N4O3/c1-17(2)16(23)15(20-24-17)10-4-5-11(9-22)12(6-10)13-7-19-14(18)8-21(13)3/h4-9H,1-3H3,(H-,18,19,22)/p+1. The quantitative estimate of drug-likeness (QED) is 0.672. The van der Waals surface area contributed by atoms with Gasteiger partial charge in [-0.2, -0.15) is 4.57 Å². The first-order valence-electron chi connectivity index (χ1n) is 7.35. The second-order valence-corrected chi connectivity index (χ2v) is 6.10. The Bertz CT molecular complexity index is 887. The third kappa shape index (κ3) is 2.54. The molecule has 0 saturated carbocycles. The molecule has 0 radical (unpaired) electrons. The van der Waals surface area contributed by atoms with E-state index in [1.165, 1.54) is 0 Å². The molecule has 24 heavy (non-hydrogen) atoms. The fourth-order valence-electron chi connectivity index (χ4n) is 2.53. The molecule has 2 N–H and O–H groups in total. The van der Waals surface area contributed by atoms with E-state index in [1.54, 1.807) is 56.1 Å². The zero-order valence-corrected chi connectivity index (χ0v) is 13.6. The first kappa shape index (κ1) is 15.8. The fourth-order valence-corrected chi connectivity index (χ4v) is 2.53. The lowest BCUT2D eigenvalue weighted by Gasteiger charge is -2.12. The lowest BCUT2D eigenvalue weighted by atomic mass is 9.93. The molecule has 7 nitrogen and oxygen atoms in total. The summed E-state index contributed by atoms with van der Waals surface area (Å²) in [6.45, 7) is 3.33. The highest BCUT2D eigenvalue weighted by atomic mass is 16.7. The number of Topliss-reactive ketones (excluding diaryl/α,β-unsaturated/α-hetero) is 1. The molecular weight excluding hydrogens is 308 g/mol. The van der Waals surface area contributed by atoms with Crippen molar-refractivity contribution in [1.29, 1.82) is 0 Å². The Morgan fingerprint density at radius 1 is 1.33 bits per heavy atom. The Balaban J connectivity index is 2.14. The van der Waals surface area contributed by atoms with Crippen LogP contribution >= 0.6 is 0 Å². The molecule has 0 saturated heterocycles. The lowest BCUT2D eigenvalue weighted by molar-refractivity contribution is -0.660. The third-order valence-corrected chi connectivity index (χ3v) is 3.90. The highest BCUT2D eigenvalue weighted by molar-refractivity contribution is 6.49. The van der Waals surface area contributed by atoms with Crippen molar-refractivity contribution in [3.05, 3.63) is 41.7 Å². The highest BCUT2D eigenvalue weighted by Gasteiger charge is 2.40. The topological polar surface area (TPSA) is 98.5 Å². The van der Waals surface area contributed by atoms with E-state index < -0.39 is 5.60 Å². The van der Waals surface area contributed by atoms with Crippen LogP contribution in [-0.2, 0) is 16.7 Å². The molecule has 1 aliphatic heterocycles. The number of nitrogens with two attached hydrogens (primary N) is 1. The van der Waals surface area contributed by atoms with Crippen LogP contribution in [0.2, 0.25) is 0 Å². The van der Waals surface area contributed by atoms with Gasteiger partial charge in [0.15, 0.2) is 23.4 Å². The fraction of sp³-hybridized carbons (Fsp3) is 0.235. The van der Waals surface area contributed by atoms with Crippen molar-refractivity contribution in [3.8, 4) is 11.3 Å². The van der Waals surface area contributed by atoms with Gasteiger partial charge in [-0.25, -0.2) is 4.98 Å². The van der Waals surface area contributed by atoms with Gasteiger partial charge in [-0.3, -0.25) is 9.59 Å². The summed E-state index contributed by atoms with van der Waals surface area (Å²) in [5, 5.41) is 3.90. The molecule has 7 heteroatoms. The number of benzene rings is 1. The zero-order valence-electron chi connectivity index (χ0n) is 13.6. The molecule has 0 atom stereocenters. The molecule has 1 aromatic heterocycles. The zero-order chi connectivity index (χ0) is 17.5. The van der Waals surface area contributed by atoms with E-state index in [1.807, 2.05) is 0 Å². The van der Waals surface area contributed by atoms with Crippen molar-refractivity contribution in [1.82, 2.24) is 4.98 Å². The summed E-state index contributed by atoms with van der Waals surface area (Å²) < 4.78 is 1.77. The maximum atomic E-state index is 12.4. The number of nitrogen functional groups attached to an aromatic ring is 1. The molecule has 2 aromatic rings. The van der Waals surface area contributed by atoms with E-state index in [2.05, 4.69) is 10.1 Å². The van der Waals surface area contributed by atoms with Gasteiger partial charge in [0.1, 0.15) is 13.2 Å². The summed E-state index contributed by atoms with van der Waals surface area (Å²) in [6.07, 6.45) is 4.00. The molecule has 0 fully saturated rings. The maximum absolute atomic E-state index is 12.4. The average Bonchev–Trinajstić information content (AvgIpc) is 2.81. The SMILES string of the molecule is C[n+]1cc(N)ncc1-c1cc(C2=NOC(C)(C)C2=O)ccc1C=O. The smallest absolute Gasteiger partial charge is 0.231 e. The van der Waals surface area contributed by atoms with E-state index in [0.717, 1.165) is 6.29 Å². The minimum absolute atomic E-state index is 0.202. The number of carbonyl (C=O) groups excluding carboxylic acids is 2. The van der Waals surface area contributed by atoms with Crippen LogP contribution in [0.3, 0.4) is 0 Å². The summed E-state index contributed by atoms with van der Waals surface area (Å²) in [4.78, 5) is 33.1. The minimum atomic E-state index is -0.980. The van der Waals surface area contributed by atoms with Crippen LogP contribution in [0.1, 0.15) is 29.8 Å². The number of anilines is 1. The number of hydrogen-bond donors (Lipinski definition) is 1. The van der Waals surface area contributed by atoms with Crippen LogP contribution in [-0.4, -0.2) is 28.4 Å². The summed E-state index contributed by atoms with van der Waals surface area (Å²) in [6, 6.07) is 5.06. The molecule has 0 unspecified atom stereocenters. The van der Waals surface area contributed by atoms with E-state index in [0.29, 0.717) is 28.2 Å². The highest BCUT2D eigenvalue weighted by Crippen LogP contribution is 2.26. The van der Waals surface area contributed by atoms with Crippen molar-refractivity contribution in [2.45, 2.75) is 19.4 Å².